The lowest BCUT2D eigenvalue weighted by Crippen LogP contribution is -2.18. The number of nitrogens with one attached hydrogen (secondary N) is 2. The second-order valence-corrected chi connectivity index (χ2v) is 10.5. The molecule has 0 aliphatic carbocycles. The maximum Gasteiger partial charge on any atom is 0.252 e. The predicted octanol–water partition coefficient (Wildman–Crippen LogP) is 4.95. The van der Waals surface area contributed by atoms with Gasteiger partial charge in [0.15, 0.2) is 0 Å². The molecule has 42 heavy (non-hydrogen) atoms. The van der Waals surface area contributed by atoms with Crippen LogP contribution in [0.5, 0.6) is 0 Å². The number of benzene rings is 3. The lowest BCUT2D eigenvalue weighted by atomic mass is 10.1. The van der Waals surface area contributed by atoms with Gasteiger partial charge in [-0.05, 0) is 66.4 Å². The number of hydrogen-bond donors (Lipinski definition) is 2. The van der Waals surface area contributed by atoms with Gasteiger partial charge >= 0.3 is 0 Å². The zero-order valence-electron chi connectivity index (χ0n) is 23.9. The zero-order chi connectivity index (χ0) is 29.6. The van der Waals surface area contributed by atoms with Crippen molar-refractivity contribution in [3.63, 3.8) is 0 Å². The highest BCUT2D eigenvalue weighted by molar-refractivity contribution is 7.99. The Labute approximate surface area is 251 Å². The van der Waals surface area contributed by atoms with Crippen LogP contribution in [-0.2, 0) is 25.5 Å². The van der Waals surface area contributed by atoms with Gasteiger partial charge in [-0.3, -0.25) is 14.6 Å². The largest absolute Gasteiger partial charge is 0.382 e. The molecule has 0 aromatic heterocycles. The maximum atomic E-state index is 12.2. The molecule has 1 heterocycles. The highest BCUT2D eigenvalue weighted by Crippen LogP contribution is 2.33. The third-order valence-corrected chi connectivity index (χ3v) is 7.38. The van der Waals surface area contributed by atoms with Crippen molar-refractivity contribution >= 4 is 35.0 Å². The van der Waals surface area contributed by atoms with Gasteiger partial charge in [-0.25, -0.2) is 0 Å². The smallest absolute Gasteiger partial charge is 0.252 e. The minimum Gasteiger partial charge on any atom is -0.382 e. The summed E-state index contributed by atoms with van der Waals surface area (Å²) >= 11 is 1.56. The summed E-state index contributed by atoms with van der Waals surface area (Å²) in [6, 6.07) is 21.2. The number of nitrogens with zero attached hydrogens (tertiary/aromatic N) is 1. The Bertz CT molecular complexity index is 1460. The van der Waals surface area contributed by atoms with Gasteiger partial charge in [-0.1, -0.05) is 35.9 Å². The van der Waals surface area contributed by atoms with Crippen LogP contribution < -0.4 is 10.6 Å². The number of carbonyl (C=O) groups excluding carboxylic acids is 2. The topological polar surface area (TPSA) is 98.3 Å². The van der Waals surface area contributed by atoms with E-state index >= 15 is 0 Å². The molecule has 2 amide bonds. The van der Waals surface area contributed by atoms with Crippen LogP contribution in [-0.4, -0.2) is 64.7 Å². The van der Waals surface area contributed by atoms with Crippen LogP contribution in [0.4, 0.5) is 5.69 Å². The Hall–Kier alpha value is -3.94. The third kappa shape index (κ3) is 9.29. The van der Waals surface area contributed by atoms with Crippen LogP contribution in [0.3, 0.4) is 0 Å². The molecule has 0 saturated carbocycles. The average Bonchev–Trinajstić information content (AvgIpc) is 3.42. The first-order valence-electron chi connectivity index (χ1n) is 13.8. The summed E-state index contributed by atoms with van der Waals surface area (Å²) in [5, 5.41) is 5.61. The molecule has 1 aliphatic heterocycles. The van der Waals surface area contributed by atoms with Crippen molar-refractivity contribution in [2.45, 2.75) is 29.2 Å². The first kappa shape index (κ1) is 31.0. The minimum absolute atomic E-state index is 0.0552. The second-order valence-electron chi connectivity index (χ2n) is 9.36. The van der Waals surface area contributed by atoms with Gasteiger partial charge in [-0.2, -0.15) is 0 Å². The molecule has 0 unspecified atom stereocenters. The summed E-state index contributed by atoms with van der Waals surface area (Å²) in [6.45, 7) is 3.22. The summed E-state index contributed by atoms with van der Waals surface area (Å²) in [4.78, 5) is 31.0. The van der Waals surface area contributed by atoms with Crippen molar-refractivity contribution in [2.24, 2.45) is 4.99 Å². The molecule has 3 aromatic rings. The van der Waals surface area contributed by atoms with Crippen molar-refractivity contribution in [1.82, 2.24) is 5.32 Å². The molecular formula is C33H35N3O5S. The highest BCUT2D eigenvalue weighted by atomic mass is 32.2. The van der Waals surface area contributed by atoms with Gasteiger partial charge < -0.3 is 24.8 Å². The fraction of sp³-hybridized carbons (Fsp3) is 0.303. The number of rotatable bonds is 14. The van der Waals surface area contributed by atoms with E-state index in [2.05, 4.69) is 33.5 Å². The lowest BCUT2D eigenvalue weighted by molar-refractivity contribution is -0.116. The fourth-order valence-electron chi connectivity index (χ4n) is 4.15. The number of fused-ring (bicyclic) bond motifs is 1. The highest BCUT2D eigenvalue weighted by Gasteiger charge is 2.16. The van der Waals surface area contributed by atoms with Crippen LogP contribution in [0, 0.1) is 11.8 Å². The number of carbonyl (C=O) groups is 2. The standard InChI is InChI=1S/C33H35N3O5S/c1-34-33(38)29-6-3-4-7-31(29)42-27-14-15-28-25(22-27)23-35-30(28)16-11-24-9-12-26(13-10-24)36-32(37)8-5-17-40-20-21-41-19-18-39-2/h3-4,6-7,9-10,12-15,22H,5,8,17-21,23H2,1-2H3,(H,34,38)(H,36,37). The van der Waals surface area contributed by atoms with Gasteiger partial charge in [0, 0.05) is 53.8 Å². The molecule has 0 fully saturated rings. The monoisotopic (exact) mass is 585 g/mol. The van der Waals surface area contributed by atoms with E-state index in [1.807, 2.05) is 60.7 Å². The number of ether oxygens (including phenoxy) is 3. The van der Waals surface area contributed by atoms with Crippen molar-refractivity contribution in [2.75, 3.05) is 52.5 Å². The van der Waals surface area contributed by atoms with Gasteiger partial charge in [0.1, 0.15) is 5.71 Å². The molecule has 3 aromatic carbocycles. The van der Waals surface area contributed by atoms with Crippen molar-refractivity contribution in [3.05, 3.63) is 89.0 Å². The van der Waals surface area contributed by atoms with Crippen molar-refractivity contribution < 1.29 is 23.8 Å². The van der Waals surface area contributed by atoms with Crippen LogP contribution in [0.15, 0.2) is 81.5 Å². The Morgan fingerprint density at radius 1 is 0.929 bits per heavy atom. The second kappa shape index (κ2) is 16.5. The van der Waals surface area contributed by atoms with E-state index in [0.717, 1.165) is 37.9 Å². The Morgan fingerprint density at radius 2 is 1.69 bits per heavy atom. The molecule has 0 saturated heterocycles. The van der Waals surface area contributed by atoms with Crippen molar-refractivity contribution in [3.8, 4) is 11.8 Å². The predicted molar refractivity (Wildman–Crippen MR) is 165 cm³/mol. The van der Waals surface area contributed by atoms with Gasteiger partial charge in [0.05, 0.1) is 38.5 Å². The summed E-state index contributed by atoms with van der Waals surface area (Å²) in [6.07, 6.45) is 1.02. The van der Waals surface area contributed by atoms with E-state index in [1.54, 1.807) is 25.9 Å². The molecule has 9 heteroatoms. The van der Waals surface area contributed by atoms with Crippen LogP contribution in [0.2, 0.25) is 0 Å². The summed E-state index contributed by atoms with van der Waals surface area (Å²) < 4.78 is 15.7. The Kier molecular flexibility index (Phi) is 12.2. The molecule has 1 aliphatic rings. The average molecular weight is 586 g/mol. The number of amides is 2. The van der Waals surface area contributed by atoms with Gasteiger partial charge in [0.25, 0.3) is 5.91 Å². The third-order valence-electron chi connectivity index (χ3n) is 6.32. The summed E-state index contributed by atoms with van der Waals surface area (Å²) in [7, 11) is 3.27. The fourth-order valence-corrected chi connectivity index (χ4v) is 5.16. The number of aliphatic imine (C=N–C) groups is 1. The van der Waals surface area contributed by atoms with E-state index in [4.69, 9.17) is 14.2 Å². The molecule has 2 N–H and O–H groups in total. The number of anilines is 1. The first-order chi connectivity index (χ1) is 20.6. The molecule has 218 valence electrons. The van der Waals surface area contributed by atoms with E-state index in [-0.39, 0.29) is 11.8 Å². The number of methoxy groups -OCH3 is 1. The normalized spacial score (nSPS) is 11.7. The molecule has 4 rings (SSSR count). The molecule has 0 spiro atoms. The van der Waals surface area contributed by atoms with E-state index in [0.29, 0.717) is 58.0 Å². The molecular weight excluding hydrogens is 550 g/mol. The molecule has 0 atom stereocenters. The van der Waals surface area contributed by atoms with Gasteiger partial charge in [-0.15, -0.1) is 0 Å². The van der Waals surface area contributed by atoms with Crippen LogP contribution in [0.1, 0.15) is 39.9 Å². The molecule has 0 bridgehead atoms. The lowest BCUT2D eigenvalue weighted by Gasteiger charge is -2.09. The summed E-state index contributed by atoms with van der Waals surface area (Å²) in [5.74, 6) is 6.22. The maximum absolute atomic E-state index is 12.2. The first-order valence-corrected chi connectivity index (χ1v) is 14.6. The van der Waals surface area contributed by atoms with E-state index in [9.17, 15) is 9.59 Å². The quantitative estimate of drug-likeness (QED) is 0.205. The van der Waals surface area contributed by atoms with Gasteiger partial charge in [0.2, 0.25) is 5.91 Å². The van der Waals surface area contributed by atoms with Crippen molar-refractivity contribution in [1.29, 1.82) is 0 Å². The van der Waals surface area contributed by atoms with E-state index in [1.165, 1.54) is 0 Å². The van der Waals surface area contributed by atoms with E-state index < -0.39 is 0 Å². The number of hydrogen-bond acceptors (Lipinski definition) is 7. The molecule has 8 nitrogen and oxygen atoms in total. The summed E-state index contributed by atoms with van der Waals surface area (Å²) in [5.41, 5.74) is 5.11. The Morgan fingerprint density at radius 3 is 2.48 bits per heavy atom. The zero-order valence-corrected chi connectivity index (χ0v) is 24.7. The van der Waals surface area contributed by atoms with Crippen LogP contribution >= 0.6 is 11.8 Å². The molecule has 0 radical (unpaired) electrons. The Balaban J connectivity index is 1.24. The minimum atomic E-state index is -0.104. The van der Waals surface area contributed by atoms with Crippen LogP contribution in [0.25, 0.3) is 0 Å². The SMILES string of the molecule is CNC(=O)c1ccccc1Sc1ccc2c(c1)CN=C2C#Cc1ccc(NC(=O)CCCOCCOCCOC)cc1.